The number of hydrogen-bond acceptors (Lipinski definition) is 1. The minimum Gasteiger partial charge on any atom is -0.309 e. The van der Waals surface area contributed by atoms with Crippen molar-refractivity contribution in [2.24, 2.45) is 0 Å². The Morgan fingerprint density at radius 2 is 1.87 bits per heavy atom. The quantitative estimate of drug-likeness (QED) is 0.748. The van der Waals surface area contributed by atoms with Crippen LogP contribution in [0.4, 0.5) is 4.39 Å². The molecule has 2 heteroatoms. The van der Waals surface area contributed by atoms with Gasteiger partial charge < -0.3 is 5.32 Å². The first-order valence-corrected chi connectivity index (χ1v) is 5.11. The van der Waals surface area contributed by atoms with Gasteiger partial charge in [-0.05, 0) is 37.5 Å². The molecule has 0 spiro atoms. The molecule has 0 aromatic heterocycles. The van der Waals surface area contributed by atoms with Crippen molar-refractivity contribution < 1.29 is 4.39 Å². The number of nitrogens with one attached hydrogen (secondary N) is 1. The van der Waals surface area contributed by atoms with Gasteiger partial charge in [0.2, 0.25) is 0 Å². The van der Waals surface area contributed by atoms with E-state index in [1.54, 1.807) is 13.8 Å². The summed E-state index contributed by atoms with van der Waals surface area (Å²) >= 11 is 0. The van der Waals surface area contributed by atoms with Gasteiger partial charge in [0.1, 0.15) is 5.82 Å². The van der Waals surface area contributed by atoms with Crippen LogP contribution in [0.1, 0.15) is 23.6 Å². The second-order valence-corrected chi connectivity index (χ2v) is 4.10. The highest BCUT2D eigenvalue weighted by atomic mass is 19.1. The predicted octanol–water partition coefficient (Wildman–Crippen LogP) is 3.11. The second kappa shape index (κ2) is 5.08. The molecule has 0 bridgehead atoms. The maximum Gasteiger partial charge on any atom is 0.129 e. The molecule has 0 heterocycles. The molecule has 0 atom stereocenters. The zero-order valence-corrected chi connectivity index (χ0v) is 9.65. The third-order valence-corrected chi connectivity index (χ3v) is 2.25. The summed E-state index contributed by atoms with van der Waals surface area (Å²) in [5.41, 5.74) is 3.64. The monoisotopic (exact) mass is 207 g/mol. The first-order chi connectivity index (χ1) is 7.00. The minimum absolute atomic E-state index is 0.0985. The van der Waals surface area contributed by atoms with Crippen LogP contribution >= 0.6 is 0 Å². The molecule has 0 saturated carbocycles. The molecule has 1 nitrogen and oxygen atoms in total. The first kappa shape index (κ1) is 11.9. The number of hydrogen-bond donors (Lipinski definition) is 1. The summed E-state index contributed by atoms with van der Waals surface area (Å²) < 4.78 is 13.3. The molecule has 1 aromatic carbocycles. The van der Waals surface area contributed by atoms with E-state index in [4.69, 9.17) is 0 Å². The van der Waals surface area contributed by atoms with E-state index in [9.17, 15) is 4.39 Å². The van der Waals surface area contributed by atoms with Crippen molar-refractivity contribution in [3.63, 3.8) is 0 Å². The molecule has 1 N–H and O–H groups in total. The van der Waals surface area contributed by atoms with Gasteiger partial charge in [0.05, 0.1) is 0 Å². The fourth-order valence-electron chi connectivity index (χ4n) is 1.56. The van der Waals surface area contributed by atoms with Crippen molar-refractivity contribution >= 4 is 0 Å². The van der Waals surface area contributed by atoms with Crippen LogP contribution in [0.5, 0.6) is 0 Å². The first-order valence-electron chi connectivity index (χ1n) is 5.11. The standard InChI is InChI=1S/C13H18FN/c1-9(2)7-15-8-12-5-10(3)13(14)11(4)6-12/h5-6,15H,1,7-8H2,2-4H3. The molecular formula is C13H18FN. The lowest BCUT2D eigenvalue weighted by Gasteiger charge is -2.08. The molecule has 0 aliphatic carbocycles. The normalized spacial score (nSPS) is 10.4. The smallest absolute Gasteiger partial charge is 0.129 e. The van der Waals surface area contributed by atoms with E-state index in [2.05, 4.69) is 11.9 Å². The largest absolute Gasteiger partial charge is 0.309 e. The fraction of sp³-hybridized carbons (Fsp3) is 0.385. The Kier molecular flexibility index (Phi) is 4.04. The van der Waals surface area contributed by atoms with Crippen molar-refractivity contribution in [1.82, 2.24) is 5.32 Å². The van der Waals surface area contributed by atoms with E-state index in [1.807, 2.05) is 19.1 Å². The third kappa shape index (κ3) is 3.48. The second-order valence-electron chi connectivity index (χ2n) is 4.10. The number of benzene rings is 1. The van der Waals surface area contributed by atoms with Crippen molar-refractivity contribution in [3.8, 4) is 0 Å². The minimum atomic E-state index is -0.0985. The number of aryl methyl sites for hydroxylation is 2. The van der Waals surface area contributed by atoms with Crippen LogP contribution in [-0.4, -0.2) is 6.54 Å². The molecule has 15 heavy (non-hydrogen) atoms. The van der Waals surface area contributed by atoms with Gasteiger partial charge in [-0.25, -0.2) is 4.39 Å². The van der Waals surface area contributed by atoms with Gasteiger partial charge in [-0.1, -0.05) is 24.3 Å². The SMILES string of the molecule is C=C(C)CNCc1cc(C)c(F)c(C)c1. The van der Waals surface area contributed by atoms with Crippen LogP contribution in [-0.2, 0) is 6.54 Å². The molecular weight excluding hydrogens is 189 g/mol. The molecule has 1 aromatic rings. The third-order valence-electron chi connectivity index (χ3n) is 2.25. The highest BCUT2D eigenvalue weighted by molar-refractivity contribution is 5.30. The molecule has 0 aliphatic heterocycles. The summed E-state index contributed by atoms with van der Waals surface area (Å²) in [5, 5.41) is 3.25. The predicted molar refractivity (Wildman–Crippen MR) is 62.4 cm³/mol. The average molecular weight is 207 g/mol. The Bertz CT molecular complexity index is 346. The van der Waals surface area contributed by atoms with Gasteiger partial charge in [-0.15, -0.1) is 0 Å². The Labute approximate surface area is 91.0 Å². The Morgan fingerprint density at radius 3 is 2.33 bits per heavy atom. The van der Waals surface area contributed by atoms with Gasteiger partial charge >= 0.3 is 0 Å². The van der Waals surface area contributed by atoms with Crippen LogP contribution in [0.15, 0.2) is 24.3 Å². The summed E-state index contributed by atoms with van der Waals surface area (Å²) in [6.07, 6.45) is 0. The molecule has 0 unspecified atom stereocenters. The van der Waals surface area contributed by atoms with Crippen LogP contribution in [0, 0.1) is 19.7 Å². The van der Waals surface area contributed by atoms with E-state index < -0.39 is 0 Å². The molecule has 82 valence electrons. The zero-order valence-electron chi connectivity index (χ0n) is 9.65. The van der Waals surface area contributed by atoms with E-state index >= 15 is 0 Å². The molecule has 0 amide bonds. The summed E-state index contributed by atoms with van der Waals surface area (Å²) in [4.78, 5) is 0. The van der Waals surface area contributed by atoms with Gasteiger partial charge in [0, 0.05) is 13.1 Å². The Hall–Kier alpha value is -1.15. The van der Waals surface area contributed by atoms with Crippen LogP contribution in [0.25, 0.3) is 0 Å². The number of halogens is 1. The summed E-state index contributed by atoms with van der Waals surface area (Å²) in [5.74, 6) is -0.0985. The zero-order chi connectivity index (χ0) is 11.4. The Balaban J connectivity index is 2.66. The summed E-state index contributed by atoms with van der Waals surface area (Å²) in [6.45, 7) is 10.9. The van der Waals surface area contributed by atoms with Crippen molar-refractivity contribution in [3.05, 3.63) is 46.8 Å². The van der Waals surface area contributed by atoms with E-state index in [0.29, 0.717) is 11.1 Å². The van der Waals surface area contributed by atoms with Gasteiger partial charge in [-0.2, -0.15) is 0 Å². The van der Waals surface area contributed by atoms with Crippen molar-refractivity contribution in [2.45, 2.75) is 27.3 Å². The van der Waals surface area contributed by atoms with Gasteiger partial charge in [-0.3, -0.25) is 0 Å². The van der Waals surface area contributed by atoms with E-state index in [0.717, 1.165) is 24.2 Å². The molecule has 0 aliphatic rings. The molecule has 0 saturated heterocycles. The van der Waals surface area contributed by atoms with Crippen molar-refractivity contribution in [2.75, 3.05) is 6.54 Å². The van der Waals surface area contributed by atoms with Crippen LogP contribution < -0.4 is 5.32 Å². The summed E-state index contributed by atoms with van der Waals surface area (Å²) in [7, 11) is 0. The maximum absolute atomic E-state index is 13.3. The van der Waals surface area contributed by atoms with E-state index in [-0.39, 0.29) is 5.82 Å². The lowest BCUT2D eigenvalue weighted by molar-refractivity contribution is 0.607. The molecule has 1 rings (SSSR count). The van der Waals surface area contributed by atoms with Crippen molar-refractivity contribution in [1.29, 1.82) is 0 Å². The number of rotatable bonds is 4. The fourth-order valence-corrected chi connectivity index (χ4v) is 1.56. The van der Waals surface area contributed by atoms with E-state index in [1.165, 1.54) is 0 Å². The highest BCUT2D eigenvalue weighted by Crippen LogP contribution is 2.14. The van der Waals surface area contributed by atoms with Gasteiger partial charge in [0.15, 0.2) is 0 Å². The lowest BCUT2D eigenvalue weighted by atomic mass is 10.1. The van der Waals surface area contributed by atoms with Crippen LogP contribution in [0.3, 0.4) is 0 Å². The lowest BCUT2D eigenvalue weighted by Crippen LogP contribution is -2.15. The maximum atomic E-state index is 13.3. The Morgan fingerprint density at radius 1 is 1.33 bits per heavy atom. The summed E-state index contributed by atoms with van der Waals surface area (Å²) in [6, 6.07) is 3.77. The topological polar surface area (TPSA) is 12.0 Å². The molecule has 0 fully saturated rings. The van der Waals surface area contributed by atoms with Gasteiger partial charge in [0.25, 0.3) is 0 Å². The average Bonchev–Trinajstić information content (AvgIpc) is 2.13. The van der Waals surface area contributed by atoms with Crippen LogP contribution in [0.2, 0.25) is 0 Å². The molecule has 0 radical (unpaired) electrons. The highest BCUT2D eigenvalue weighted by Gasteiger charge is 2.03.